The van der Waals surface area contributed by atoms with Crippen molar-refractivity contribution in [2.75, 3.05) is 17.2 Å². The number of para-hydroxylation sites is 1. The number of carboxylic acid groups (broad SMARTS) is 1. The lowest BCUT2D eigenvalue weighted by Gasteiger charge is -2.14. The van der Waals surface area contributed by atoms with Crippen LogP contribution in [0.3, 0.4) is 0 Å². The fourth-order valence-corrected chi connectivity index (χ4v) is 4.98. The van der Waals surface area contributed by atoms with E-state index in [0.29, 0.717) is 11.8 Å². The van der Waals surface area contributed by atoms with Crippen molar-refractivity contribution in [1.82, 2.24) is 4.72 Å². The maximum Gasteiger partial charge on any atom is 0.322 e. The minimum atomic E-state index is -4.65. The number of amides is 2. The minimum Gasteiger partial charge on any atom is -0.480 e. The Kier molecular flexibility index (Phi) is 9.90. The molecule has 4 aromatic rings. The van der Waals surface area contributed by atoms with Crippen molar-refractivity contribution in [2.24, 2.45) is 0 Å². The number of carbonyl (C=O) groups excluding carboxylic acids is 2. The van der Waals surface area contributed by atoms with E-state index in [2.05, 4.69) is 10.6 Å². The average Bonchev–Trinajstić information content (AvgIpc) is 3.00. The summed E-state index contributed by atoms with van der Waals surface area (Å²) in [5.74, 6) is -2.64. The van der Waals surface area contributed by atoms with Gasteiger partial charge in [0.25, 0.3) is 21.6 Å². The number of carbonyl (C=O) groups is 3. The number of aryl methyl sites for hydroxylation is 1. The molecule has 4 rings (SSSR count). The molecule has 0 atom stereocenters. The van der Waals surface area contributed by atoms with Gasteiger partial charge in [-0.1, -0.05) is 42.5 Å². The topological polar surface area (TPSA) is 194 Å². The number of carboxylic acids is 1. The molecule has 45 heavy (non-hydrogen) atoms. The van der Waals surface area contributed by atoms with Gasteiger partial charge in [0.2, 0.25) is 5.91 Å². The van der Waals surface area contributed by atoms with Crippen LogP contribution < -0.4 is 20.1 Å². The molecule has 0 saturated carbocycles. The highest BCUT2D eigenvalue weighted by atomic mass is 32.2. The van der Waals surface area contributed by atoms with E-state index in [4.69, 9.17) is 9.84 Å². The van der Waals surface area contributed by atoms with Gasteiger partial charge in [0.1, 0.15) is 23.7 Å². The van der Waals surface area contributed by atoms with Gasteiger partial charge in [-0.3, -0.25) is 24.5 Å². The van der Waals surface area contributed by atoms with Crippen LogP contribution in [0.15, 0.2) is 102 Å². The van der Waals surface area contributed by atoms with Crippen LogP contribution in [-0.2, 0) is 19.6 Å². The van der Waals surface area contributed by atoms with Gasteiger partial charge in [-0.2, -0.15) is 0 Å². The van der Waals surface area contributed by atoms with Gasteiger partial charge in [-0.15, -0.1) is 0 Å². The summed E-state index contributed by atoms with van der Waals surface area (Å²) in [7, 11) is -4.65. The first kappa shape index (κ1) is 31.9. The Morgan fingerprint density at radius 2 is 1.67 bits per heavy atom. The molecule has 0 aliphatic heterocycles. The second-order valence-electron chi connectivity index (χ2n) is 9.42. The number of hydrogen-bond donors (Lipinski definition) is 4. The van der Waals surface area contributed by atoms with E-state index in [0.717, 1.165) is 23.3 Å². The predicted octanol–water partition coefficient (Wildman–Crippen LogP) is 4.96. The molecule has 0 unspecified atom stereocenters. The number of hydrogen-bond acceptors (Lipinski definition) is 9. The number of aliphatic carboxylic acids is 1. The van der Waals surface area contributed by atoms with Crippen LogP contribution in [0.5, 0.6) is 11.5 Å². The van der Waals surface area contributed by atoms with Crippen molar-refractivity contribution in [1.29, 1.82) is 0 Å². The lowest BCUT2D eigenvalue weighted by molar-refractivity contribution is -0.384. The molecule has 0 saturated heterocycles. The Hall–Kier alpha value is -6.02. The van der Waals surface area contributed by atoms with E-state index in [1.54, 1.807) is 36.4 Å². The van der Waals surface area contributed by atoms with Crippen LogP contribution in [0.4, 0.5) is 17.1 Å². The molecule has 0 aliphatic rings. The molecule has 0 radical (unpaired) electrons. The zero-order valence-electron chi connectivity index (χ0n) is 23.6. The van der Waals surface area contributed by atoms with E-state index in [9.17, 15) is 32.9 Å². The minimum absolute atomic E-state index is 0.0891. The molecular weight excluding hydrogens is 604 g/mol. The molecule has 0 bridgehead atoms. The lowest BCUT2D eigenvalue weighted by Crippen LogP contribution is -2.31. The highest BCUT2D eigenvalue weighted by Gasteiger charge is 2.26. The monoisotopic (exact) mass is 630 g/mol. The van der Waals surface area contributed by atoms with E-state index >= 15 is 0 Å². The number of rotatable bonds is 12. The second-order valence-corrected chi connectivity index (χ2v) is 11.1. The molecule has 2 amide bonds. The number of benzene rings is 4. The molecular formula is C31H26N4O9S. The zero-order chi connectivity index (χ0) is 32.6. The molecule has 0 aliphatic carbocycles. The van der Waals surface area contributed by atoms with Crippen LogP contribution in [0.25, 0.3) is 6.08 Å². The third-order valence-corrected chi connectivity index (χ3v) is 7.53. The van der Waals surface area contributed by atoms with Crippen molar-refractivity contribution < 1.29 is 37.6 Å². The SMILES string of the molecule is Cc1ccccc1C=CC(=O)Nc1ccc(C(=O)NS(=O)(=O)c2ccc(NCC(=O)O)c([N+](=O)[O-])c2)c(Oc2ccccc2)c1. The molecule has 0 spiro atoms. The van der Waals surface area contributed by atoms with E-state index < -0.39 is 49.9 Å². The van der Waals surface area contributed by atoms with E-state index in [1.165, 1.54) is 24.3 Å². The fraction of sp³-hybridized carbons (Fsp3) is 0.0645. The predicted molar refractivity (Wildman–Crippen MR) is 166 cm³/mol. The van der Waals surface area contributed by atoms with Gasteiger partial charge in [-0.05, 0) is 60.5 Å². The maximum absolute atomic E-state index is 13.3. The quantitative estimate of drug-likeness (QED) is 0.0944. The first-order valence-electron chi connectivity index (χ1n) is 13.2. The second kappa shape index (κ2) is 14.0. The van der Waals surface area contributed by atoms with Crippen molar-refractivity contribution in [3.05, 3.63) is 124 Å². The molecule has 4 N–H and O–H groups in total. The summed E-state index contributed by atoms with van der Waals surface area (Å²) in [6.45, 7) is 1.26. The number of anilines is 2. The van der Waals surface area contributed by atoms with Crippen molar-refractivity contribution in [3.8, 4) is 11.5 Å². The Labute approximate surface area is 257 Å². The normalized spacial score (nSPS) is 11.0. The van der Waals surface area contributed by atoms with Gasteiger partial charge >= 0.3 is 5.97 Å². The third-order valence-electron chi connectivity index (χ3n) is 6.20. The molecule has 230 valence electrons. The first-order chi connectivity index (χ1) is 21.4. The van der Waals surface area contributed by atoms with Gasteiger partial charge < -0.3 is 20.5 Å². The third kappa shape index (κ3) is 8.52. The largest absolute Gasteiger partial charge is 0.480 e. The van der Waals surface area contributed by atoms with Crippen LogP contribution in [0.1, 0.15) is 21.5 Å². The van der Waals surface area contributed by atoms with Crippen LogP contribution >= 0.6 is 0 Å². The summed E-state index contributed by atoms with van der Waals surface area (Å²) in [4.78, 5) is 46.7. The summed E-state index contributed by atoms with van der Waals surface area (Å²) < 4.78 is 33.9. The van der Waals surface area contributed by atoms with Crippen molar-refractivity contribution in [2.45, 2.75) is 11.8 Å². The first-order valence-corrected chi connectivity index (χ1v) is 14.6. The Morgan fingerprint density at radius 1 is 0.956 bits per heavy atom. The Balaban J connectivity index is 1.60. The Morgan fingerprint density at radius 3 is 2.36 bits per heavy atom. The molecule has 0 aromatic heterocycles. The lowest BCUT2D eigenvalue weighted by atomic mass is 10.1. The molecule has 0 heterocycles. The highest BCUT2D eigenvalue weighted by Crippen LogP contribution is 2.30. The number of nitrogens with zero attached hydrogens (tertiary/aromatic N) is 1. The zero-order valence-corrected chi connectivity index (χ0v) is 24.4. The van der Waals surface area contributed by atoms with Gasteiger partial charge in [-0.25, -0.2) is 13.1 Å². The Bertz CT molecular complexity index is 1910. The van der Waals surface area contributed by atoms with Crippen LogP contribution in [0.2, 0.25) is 0 Å². The van der Waals surface area contributed by atoms with Gasteiger partial charge in [0.05, 0.1) is 15.4 Å². The number of nitrogens with one attached hydrogen (secondary N) is 3. The van der Waals surface area contributed by atoms with Gasteiger partial charge in [0.15, 0.2) is 0 Å². The standard InChI is InChI=1S/C31H26N4O9S/c1-20-7-5-6-8-21(20)11-16-29(36)33-22-12-14-25(28(17-22)44-23-9-3-2-4-10-23)31(39)34-45(42,43)24-13-15-26(32-19-30(37)38)27(18-24)35(40)41/h2-18,32H,19H2,1H3,(H,33,36)(H,34,39)(H,37,38). The fourth-order valence-electron chi connectivity index (χ4n) is 4.00. The van der Waals surface area contributed by atoms with Crippen LogP contribution in [-0.4, -0.2) is 42.8 Å². The van der Waals surface area contributed by atoms with E-state index in [-0.39, 0.29) is 22.7 Å². The summed E-state index contributed by atoms with van der Waals surface area (Å²) in [6, 6.07) is 22.5. The van der Waals surface area contributed by atoms with E-state index in [1.807, 2.05) is 35.9 Å². The van der Waals surface area contributed by atoms with Crippen molar-refractivity contribution in [3.63, 3.8) is 0 Å². The molecule has 0 fully saturated rings. The average molecular weight is 631 g/mol. The number of sulfonamides is 1. The van der Waals surface area contributed by atoms with Crippen LogP contribution in [0, 0.1) is 17.0 Å². The smallest absolute Gasteiger partial charge is 0.322 e. The number of ether oxygens (including phenoxy) is 1. The maximum atomic E-state index is 13.3. The molecule has 13 nitrogen and oxygen atoms in total. The summed E-state index contributed by atoms with van der Waals surface area (Å²) >= 11 is 0. The van der Waals surface area contributed by atoms with Gasteiger partial charge in [0, 0.05) is 23.9 Å². The number of nitro benzene ring substituents is 1. The summed E-state index contributed by atoms with van der Waals surface area (Å²) in [5, 5.41) is 25.4. The summed E-state index contributed by atoms with van der Waals surface area (Å²) in [5.41, 5.74) is 0.926. The molecule has 14 heteroatoms. The molecule has 4 aromatic carbocycles. The highest BCUT2D eigenvalue weighted by molar-refractivity contribution is 7.90. The number of nitro groups is 1. The summed E-state index contributed by atoms with van der Waals surface area (Å²) in [6.07, 6.45) is 2.99. The van der Waals surface area contributed by atoms with Crippen molar-refractivity contribution >= 4 is 50.9 Å².